The zero-order valence-electron chi connectivity index (χ0n) is 8.15. The van der Waals surface area contributed by atoms with E-state index in [2.05, 4.69) is 20.9 Å². The van der Waals surface area contributed by atoms with Crippen LogP contribution in [0.1, 0.15) is 0 Å². The smallest absolute Gasteiger partial charge is 0.151 e. The molecular formula is C11H8BrClN2O. The maximum atomic E-state index is 5.85. The zero-order valence-corrected chi connectivity index (χ0v) is 10.5. The largest absolute Gasteiger partial charge is 0.453 e. The summed E-state index contributed by atoms with van der Waals surface area (Å²) in [7, 11) is 0. The van der Waals surface area contributed by atoms with Gasteiger partial charge in [0.05, 0.1) is 11.9 Å². The van der Waals surface area contributed by atoms with E-state index < -0.39 is 0 Å². The van der Waals surface area contributed by atoms with Crippen LogP contribution in [0.5, 0.6) is 11.5 Å². The van der Waals surface area contributed by atoms with Crippen LogP contribution in [0.3, 0.4) is 0 Å². The normalized spacial score (nSPS) is 10.1. The molecular weight excluding hydrogens is 291 g/mol. The monoisotopic (exact) mass is 298 g/mol. The van der Waals surface area contributed by atoms with Crippen molar-refractivity contribution in [3.63, 3.8) is 0 Å². The molecule has 0 saturated carbocycles. The molecule has 0 unspecified atom stereocenters. The Morgan fingerprint density at radius 3 is 2.81 bits per heavy atom. The van der Waals surface area contributed by atoms with Crippen LogP contribution in [-0.4, -0.2) is 4.98 Å². The van der Waals surface area contributed by atoms with Crippen LogP contribution in [0.2, 0.25) is 5.02 Å². The van der Waals surface area contributed by atoms with E-state index in [0.29, 0.717) is 22.2 Å². The van der Waals surface area contributed by atoms with Gasteiger partial charge in [-0.25, -0.2) is 0 Å². The van der Waals surface area contributed by atoms with Gasteiger partial charge in [0.25, 0.3) is 0 Å². The summed E-state index contributed by atoms with van der Waals surface area (Å²) in [6.45, 7) is 0. The Balaban J connectivity index is 2.30. The lowest BCUT2D eigenvalue weighted by molar-refractivity contribution is 0.482. The first kappa shape index (κ1) is 11.2. The standard InChI is InChI=1S/C11H8BrClN2O/c12-7-3-9(6-15-5-7)16-11-4-8(13)1-2-10(11)14/h1-6H,14H2. The third-order valence-electron chi connectivity index (χ3n) is 1.88. The minimum atomic E-state index is 0.521. The highest BCUT2D eigenvalue weighted by molar-refractivity contribution is 9.10. The average molecular weight is 300 g/mol. The number of nitrogens with two attached hydrogens (primary N) is 1. The first-order valence-corrected chi connectivity index (χ1v) is 5.65. The van der Waals surface area contributed by atoms with Crippen molar-refractivity contribution in [1.82, 2.24) is 4.98 Å². The number of aromatic nitrogens is 1. The molecule has 0 aliphatic carbocycles. The number of hydrogen-bond donors (Lipinski definition) is 1. The third kappa shape index (κ3) is 2.65. The summed E-state index contributed by atoms with van der Waals surface area (Å²) < 4.78 is 6.41. The van der Waals surface area contributed by atoms with Gasteiger partial charge >= 0.3 is 0 Å². The van der Waals surface area contributed by atoms with Crippen molar-refractivity contribution in [2.24, 2.45) is 0 Å². The number of nitrogen functional groups attached to an aromatic ring is 1. The second-order valence-corrected chi connectivity index (χ2v) is 4.48. The predicted molar refractivity (Wildman–Crippen MR) is 67.9 cm³/mol. The Labute approximate surface area is 106 Å². The van der Waals surface area contributed by atoms with Crippen LogP contribution in [-0.2, 0) is 0 Å². The lowest BCUT2D eigenvalue weighted by atomic mass is 10.3. The summed E-state index contributed by atoms with van der Waals surface area (Å²) in [5.41, 5.74) is 6.29. The maximum Gasteiger partial charge on any atom is 0.151 e. The van der Waals surface area contributed by atoms with Crippen molar-refractivity contribution in [1.29, 1.82) is 0 Å². The van der Waals surface area contributed by atoms with Gasteiger partial charge in [-0.1, -0.05) is 11.6 Å². The number of ether oxygens (including phenoxy) is 1. The summed E-state index contributed by atoms with van der Waals surface area (Å²) >= 11 is 9.16. The molecule has 2 aromatic rings. The second-order valence-electron chi connectivity index (χ2n) is 3.12. The van der Waals surface area contributed by atoms with Crippen molar-refractivity contribution in [3.05, 3.63) is 46.2 Å². The van der Waals surface area contributed by atoms with E-state index in [1.54, 1.807) is 36.7 Å². The van der Waals surface area contributed by atoms with Crippen LogP contribution in [0.15, 0.2) is 41.1 Å². The van der Waals surface area contributed by atoms with E-state index in [1.165, 1.54) is 0 Å². The number of benzene rings is 1. The van der Waals surface area contributed by atoms with Crippen LogP contribution in [0.25, 0.3) is 0 Å². The molecule has 1 aromatic heterocycles. The summed E-state index contributed by atoms with van der Waals surface area (Å²) in [6.07, 6.45) is 3.28. The fraction of sp³-hybridized carbons (Fsp3) is 0. The molecule has 16 heavy (non-hydrogen) atoms. The van der Waals surface area contributed by atoms with E-state index in [-0.39, 0.29) is 0 Å². The number of pyridine rings is 1. The fourth-order valence-corrected chi connectivity index (χ4v) is 1.68. The number of rotatable bonds is 2. The molecule has 0 fully saturated rings. The molecule has 1 heterocycles. The van der Waals surface area contributed by atoms with Crippen molar-refractivity contribution in [2.75, 3.05) is 5.73 Å². The van der Waals surface area contributed by atoms with E-state index >= 15 is 0 Å². The quantitative estimate of drug-likeness (QED) is 0.856. The van der Waals surface area contributed by atoms with Crippen molar-refractivity contribution in [2.45, 2.75) is 0 Å². The molecule has 0 bridgehead atoms. The number of anilines is 1. The van der Waals surface area contributed by atoms with Crippen molar-refractivity contribution in [3.8, 4) is 11.5 Å². The van der Waals surface area contributed by atoms with Gasteiger partial charge in [-0.15, -0.1) is 0 Å². The van der Waals surface area contributed by atoms with E-state index in [1.807, 2.05) is 0 Å². The summed E-state index contributed by atoms with van der Waals surface area (Å²) in [4.78, 5) is 3.99. The molecule has 0 amide bonds. The van der Waals surface area contributed by atoms with Gasteiger partial charge in [0, 0.05) is 21.8 Å². The Morgan fingerprint density at radius 2 is 2.06 bits per heavy atom. The van der Waals surface area contributed by atoms with E-state index in [4.69, 9.17) is 22.1 Å². The van der Waals surface area contributed by atoms with Crippen molar-refractivity contribution >= 4 is 33.2 Å². The molecule has 2 N–H and O–H groups in total. The van der Waals surface area contributed by atoms with Crippen LogP contribution in [0, 0.1) is 0 Å². The highest BCUT2D eigenvalue weighted by Gasteiger charge is 2.03. The molecule has 0 aliphatic heterocycles. The molecule has 0 radical (unpaired) electrons. The van der Waals surface area contributed by atoms with Crippen LogP contribution >= 0.6 is 27.5 Å². The average Bonchev–Trinajstić information content (AvgIpc) is 2.24. The Hall–Kier alpha value is -1.26. The van der Waals surface area contributed by atoms with Gasteiger partial charge in [-0.2, -0.15) is 0 Å². The number of nitrogens with zero attached hydrogens (tertiary/aromatic N) is 1. The molecule has 0 atom stereocenters. The second kappa shape index (κ2) is 4.72. The van der Waals surface area contributed by atoms with Gasteiger partial charge in [0.15, 0.2) is 5.75 Å². The third-order valence-corrected chi connectivity index (χ3v) is 2.55. The number of halogens is 2. The molecule has 2 rings (SSSR count). The SMILES string of the molecule is Nc1ccc(Cl)cc1Oc1cncc(Br)c1. The molecule has 82 valence electrons. The van der Waals surface area contributed by atoms with E-state index in [9.17, 15) is 0 Å². The predicted octanol–water partition coefficient (Wildman–Crippen LogP) is 3.87. The minimum absolute atomic E-state index is 0.521. The highest BCUT2D eigenvalue weighted by Crippen LogP contribution is 2.30. The molecule has 5 heteroatoms. The topological polar surface area (TPSA) is 48.1 Å². The van der Waals surface area contributed by atoms with Crippen LogP contribution in [0.4, 0.5) is 5.69 Å². The molecule has 0 spiro atoms. The van der Waals surface area contributed by atoms with Gasteiger partial charge in [0.1, 0.15) is 5.75 Å². The first-order chi connectivity index (χ1) is 7.65. The highest BCUT2D eigenvalue weighted by atomic mass is 79.9. The molecule has 0 saturated heterocycles. The Morgan fingerprint density at radius 1 is 1.25 bits per heavy atom. The first-order valence-electron chi connectivity index (χ1n) is 4.48. The van der Waals surface area contributed by atoms with Crippen LogP contribution < -0.4 is 10.5 Å². The Bertz CT molecular complexity index is 519. The zero-order chi connectivity index (χ0) is 11.5. The molecule has 1 aromatic carbocycles. The lowest BCUT2D eigenvalue weighted by Crippen LogP contribution is -1.92. The van der Waals surface area contributed by atoms with Gasteiger partial charge in [-0.3, -0.25) is 4.98 Å². The number of hydrogen-bond acceptors (Lipinski definition) is 3. The Kier molecular flexibility index (Phi) is 3.31. The summed E-state index contributed by atoms with van der Waals surface area (Å²) in [5.74, 6) is 1.12. The van der Waals surface area contributed by atoms with Gasteiger partial charge in [0.2, 0.25) is 0 Å². The maximum absolute atomic E-state index is 5.85. The summed E-state index contributed by atoms with van der Waals surface area (Å²) in [5, 5.41) is 0.576. The minimum Gasteiger partial charge on any atom is -0.453 e. The van der Waals surface area contributed by atoms with Crippen molar-refractivity contribution < 1.29 is 4.74 Å². The fourth-order valence-electron chi connectivity index (χ4n) is 1.17. The summed E-state index contributed by atoms with van der Waals surface area (Å²) in [6, 6.07) is 6.87. The van der Waals surface area contributed by atoms with E-state index in [0.717, 1.165) is 4.47 Å². The van der Waals surface area contributed by atoms with Gasteiger partial charge in [-0.05, 0) is 34.1 Å². The molecule has 3 nitrogen and oxygen atoms in total. The lowest BCUT2D eigenvalue weighted by Gasteiger charge is -2.08. The molecule has 0 aliphatic rings. The van der Waals surface area contributed by atoms with Gasteiger partial charge < -0.3 is 10.5 Å².